The van der Waals surface area contributed by atoms with E-state index in [4.69, 9.17) is 0 Å². The van der Waals surface area contributed by atoms with Crippen LogP contribution in [-0.4, -0.2) is 24.0 Å². The van der Waals surface area contributed by atoms with Crippen molar-refractivity contribution >= 4 is 21.6 Å². The zero-order valence-electron chi connectivity index (χ0n) is 11.2. The first-order valence-corrected chi connectivity index (χ1v) is 6.98. The Hall–Kier alpha value is -1.61. The maximum atomic E-state index is 4.14. The molecule has 0 spiro atoms. The molecule has 19 heavy (non-hydrogen) atoms. The lowest BCUT2D eigenvalue weighted by molar-refractivity contribution is 0.590. The van der Waals surface area contributed by atoms with E-state index in [1.165, 1.54) is 16.8 Å². The van der Waals surface area contributed by atoms with Crippen molar-refractivity contribution in [3.8, 4) is 0 Å². The lowest BCUT2D eigenvalue weighted by atomic mass is 10.1. The van der Waals surface area contributed by atoms with E-state index in [2.05, 4.69) is 76.3 Å². The number of hydrogen-bond acceptors (Lipinski definition) is 2. The number of aromatic nitrogens is 1. The van der Waals surface area contributed by atoms with Crippen LogP contribution < -0.4 is 0 Å². The molecule has 0 saturated heterocycles. The fourth-order valence-corrected chi connectivity index (χ4v) is 2.18. The van der Waals surface area contributed by atoms with E-state index >= 15 is 0 Å². The minimum Gasteiger partial charge on any atom is -0.377 e. The second-order valence-corrected chi connectivity index (χ2v) is 5.47. The second-order valence-electron chi connectivity index (χ2n) is 4.56. The van der Waals surface area contributed by atoms with Gasteiger partial charge in [-0.05, 0) is 35.7 Å². The summed E-state index contributed by atoms with van der Waals surface area (Å²) in [5.74, 6) is 0. The molecule has 0 amide bonds. The Morgan fingerprint density at radius 3 is 2.53 bits per heavy atom. The summed E-state index contributed by atoms with van der Waals surface area (Å²) in [6.45, 7) is 0. The lowest BCUT2D eigenvalue weighted by Gasteiger charge is -2.18. The van der Waals surface area contributed by atoms with Crippen molar-refractivity contribution in [2.75, 3.05) is 14.1 Å². The second kappa shape index (κ2) is 6.53. The van der Waals surface area contributed by atoms with Crippen LogP contribution in [0.1, 0.15) is 11.1 Å². The number of benzene rings is 1. The molecule has 0 N–H and O–H groups in total. The first-order chi connectivity index (χ1) is 9.16. The maximum absolute atomic E-state index is 4.14. The van der Waals surface area contributed by atoms with Crippen LogP contribution in [0.4, 0.5) is 0 Å². The number of halogens is 1. The van der Waals surface area contributed by atoms with Crippen LogP contribution in [0.2, 0.25) is 0 Å². The maximum Gasteiger partial charge on any atom is 0.0397 e. The Balaban J connectivity index is 2.23. The topological polar surface area (TPSA) is 16.1 Å². The summed E-state index contributed by atoms with van der Waals surface area (Å²) < 4.78 is 1.10. The highest BCUT2D eigenvalue weighted by Crippen LogP contribution is 2.20. The molecule has 0 aliphatic carbocycles. The van der Waals surface area contributed by atoms with Crippen molar-refractivity contribution < 1.29 is 0 Å². The quantitative estimate of drug-likeness (QED) is 0.848. The summed E-state index contributed by atoms with van der Waals surface area (Å²) in [5, 5.41) is 0. The van der Waals surface area contributed by atoms with E-state index in [1.807, 2.05) is 12.3 Å². The zero-order chi connectivity index (χ0) is 13.7. The average Bonchev–Trinajstić information content (AvgIpc) is 2.42. The number of allylic oxidation sites excluding steroid dienone is 1. The molecular weight excluding hydrogens is 300 g/mol. The van der Waals surface area contributed by atoms with Crippen molar-refractivity contribution in [1.29, 1.82) is 0 Å². The van der Waals surface area contributed by atoms with Gasteiger partial charge in [-0.2, -0.15) is 0 Å². The molecule has 0 unspecified atom stereocenters. The van der Waals surface area contributed by atoms with Crippen LogP contribution in [0.3, 0.4) is 0 Å². The van der Waals surface area contributed by atoms with E-state index in [9.17, 15) is 0 Å². The Morgan fingerprint density at radius 2 is 1.95 bits per heavy atom. The van der Waals surface area contributed by atoms with E-state index in [-0.39, 0.29) is 0 Å². The molecule has 0 radical (unpaired) electrons. The van der Waals surface area contributed by atoms with Crippen LogP contribution in [-0.2, 0) is 6.42 Å². The summed E-state index contributed by atoms with van der Waals surface area (Å²) in [6.07, 6.45) is 6.83. The monoisotopic (exact) mass is 316 g/mol. The van der Waals surface area contributed by atoms with Crippen LogP contribution in [0.15, 0.2) is 59.3 Å². The molecule has 0 aliphatic heterocycles. The van der Waals surface area contributed by atoms with Crippen molar-refractivity contribution in [3.05, 3.63) is 70.5 Å². The van der Waals surface area contributed by atoms with Gasteiger partial charge in [-0.15, -0.1) is 0 Å². The van der Waals surface area contributed by atoms with Crippen LogP contribution in [0, 0.1) is 0 Å². The molecular formula is C16H17BrN2. The van der Waals surface area contributed by atoms with Crippen LogP contribution in [0.25, 0.3) is 5.70 Å². The molecule has 0 saturated carbocycles. The summed E-state index contributed by atoms with van der Waals surface area (Å²) >= 11 is 3.47. The van der Waals surface area contributed by atoms with Gasteiger partial charge in [0.2, 0.25) is 0 Å². The van der Waals surface area contributed by atoms with Crippen LogP contribution >= 0.6 is 15.9 Å². The summed E-state index contributed by atoms with van der Waals surface area (Å²) in [6, 6.07) is 12.4. The highest BCUT2D eigenvalue weighted by atomic mass is 79.9. The van der Waals surface area contributed by atoms with Gasteiger partial charge in [-0.3, -0.25) is 4.98 Å². The van der Waals surface area contributed by atoms with Gasteiger partial charge in [0.15, 0.2) is 0 Å². The van der Waals surface area contributed by atoms with Crippen molar-refractivity contribution in [3.63, 3.8) is 0 Å². The van der Waals surface area contributed by atoms with Gasteiger partial charge in [0.1, 0.15) is 0 Å². The first-order valence-electron chi connectivity index (χ1n) is 6.19. The molecule has 0 fully saturated rings. The Bertz CT molecular complexity index is 545. The predicted molar refractivity (Wildman–Crippen MR) is 83.7 cm³/mol. The Kier molecular flexibility index (Phi) is 4.74. The Labute approximate surface area is 122 Å². The van der Waals surface area contributed by atoms with Gasteiger partial charge in [-0.25, -0.2) is 0 Å². The number of nitrogens with zero attached hydrogens (tertiary/aromatic N) is 2. The molecule has 98 valence electrons. The molecule has 0 atom stereocenters. The highest BCUT2D eigenvalue weighted by molar-refractivity contribution is 9.10. The van der Waals surface area contributed by atoms with Crippen molar-refractivity contribution in [2.45, 2.75) is 6.42 Å². The molecule has 2 aromatic rings. The average molecular weight is 317 g/mol. The van der Waals surface area contributed by atoms with Gasteiger partial charge in [0.05, 0.1) is 0 Å². The van der Waals surface area contributed by atoms with Gasteiger partial charge in [0.25, 0.3) is 0 Å². The largest absolute Gasteiger partial charge is 0.377 e. The molecule has 0 bridgehead atoms. The summed E-state index contributed by atoms with van der Waals surface area (Å²) in [4.78, 5) is 6.28. The zero-order valence-corrected chi connectivity index (χ0v) is 12.8. The Morgan fingerprint density at radius 1 is 1.21 bits per heavy atom. The van der Waals surface area contributed by atoms with Crippen molar-refractivity contribution in [2.24, 2.45) is 0 Å². The van der Waals surface area contributed by atoms with Gasteiger partial charge in [-0.1, -0.05) is 40.2 Å². The molecule has 2 nitrogen and oxygen atoms in total. The third-order valence-electron chi connectivity index (χ3n) is 2.88. The fourth-order valence-electron chi connectivity index (χ4n) is 1.91. The van der Waals surface area contributed by atoms with Gasteiger partial charge >= 0.3 is 0 Å². The molecule has 3 heteroatoms. The molecule has 0 aliphatic rings. The number of rotatable bonds is 4. The van der Waals surface area contributed by atoms with E-state index in [0.29, 0.717) is 0 Å². The minimum atomic E-state index is 0.886. The highest BCUT2D eigenvalue weighted by Gasteiger charge is 2.03. The minimum absolute atomic E-state index is 0.886. The third kappa shape index (κ3) is 3.93. The van der Waals surface area contributed by atoms with E-state index in [1.54, 1.807) is 6.20 Å². The lowest BCUT2D eigenvalue weighted by Crippen LogP contribution is -2.10. The SMILES string of the molecule is CN(C)C(=CCc1cccnc1)c1ccc(Br)cc1. The molecule has 1 aromatic heterocycles. The normalized spacial score (nSPS) is 11.4. The smallest absolute Gasteiger partial charge is 0.0397 e. The van der Waals surface area contributed by atoms with Gasteiger partial charge < -0.3 is 4.90 Å². The first kappa shape index (κ1) is 13.8. The van der Waals surface area contributed by atoms with Crippen LogP contribution in [0.5, 0.6) is 0 Å². The molecule has 1 heterocycles. The molecule has 2 rings (SSSR count). The molecule has 1 aromatic carbocycles. The summed E-state index contributed by atoms with van der Waals surface area (Å²) in [7, 11) is 4.13. The third-order valence-corrected chi connectivity index (χ3v) is 3.40. The number of hydrogen-bond donors (Lipinski definition) is 0. The standard InChI is InChI=1S/C16H17BrN2/c1-19(2)16(14-6-8-15(17)9-7-14)10-5-13-4-3-11-18-12-13/h3-4,6-12H,5H2,1-2H3. The van der Waals surface area contributed by atoms with Crippen molar-refractivity contribution in [1.82, 2.24) is 9.88 Å². The fraction of sp³-hybridized carbons (Fsp3) is 0.188. The van der Waals surface area contributed by atoms with E-state index in [0.717, 1.165) is 10.9 Å². The van der Waals surface area contributed by atoms with Gasteiger partial charge in [0, 0.05) is 36.7 Å². The number of pyridine rings is 1. The van der Waals surface area contributed by atoms with E-state index < -0.39 is 0 Å². The summed E-state index contributed by atoms with van der Waals surface area (Å²) in [5.41, 5.74) is 3.66. The predicted octanol–water partition coefficient (Wildman–Crippen LogP) is 3.99.